The lowest BCUT2D eigenvalue weighted by molar-refractivity contribution is 0.0421. The summed E-state index contributed by atoms with van der Waals surface area (Å²) in [5.74, 6) is 1.49. The van der Waals surface area contributed by atoms with Crippen LogP contribution in [0.5, 0.6) is 5.88 Å². The van der Waals surface area contributed by atoms with E-state index in [9.17, 15) is 0 Å². The molecule has 1 aliphatic heterocycles. The number of rotatable bonds is 7. The number of aromatic nitrogens is 2. The lowest BCUT2D eigenvalue weighted by Crippen LogP contribution is -2.38. The van der Waals surface area contributed by atoms with Gasteiger partial charge in [0.2, 0.25) is 5.88 Å². The SMILES string of the molecule is CCCOc1cncc(N2CCC(OCCN)CC2)n1. The van der Waals surface area contributed by atoms with Gasteiger partial charge in [-0.25, -0.2) is 0 Å². The highest BCUT2D eigenvalue weighted by Gasteiger charge is 2.20. The number of nitrogens with two attached hydrogens (primary N) is 1. The summed E-state index contributed by atoms with van der Waals surface area (Å²) in [5, 5.41) is 0. The van der Waals surface area contributed by atoms with Gasteiger partial charge >= 0.3 is 0 Å². The normalized spacial score (nSPS) is 16.4. The first-order chi connectivity index (χ1) is 9.83. The highest BCUT2D eigenvalue weighted by atomic mass is 16.5. The molecule has 1 aromatic rings. The van der Waals surface area contributed by atoms with Crippen LogP contribution in [0.2, 0.25) is 0 Å². The molecule has 0 radical (unpaired) electrons. The van der Waals surface area contributed by atoms with Crippen LogP contribution in [0.25, 0.3) is 0 Å². The van der Waals surface area contributed by atoms with E-state index < -0.39 is 0 Å². The molecule has 1 fully saturated rings. The van der Waals surface area contributed by atoms with Gasteiger partial charge in [-0.05, 0) is 19.3 Å². The van der Waals surface area contributed by atoms with Gasteiger partial charge in [0.1, 0.15) is 0 Å². The molecule has 6 heteroatoms. The standard InChI is InChI=1S/C14H24N4O2/c1-2-8-20-14-11-16-10-13(17-14)18-6-3-12(4-7-18)19-9-5-15/h10-12H,2-9,15H2,1H3. The Kier molecular flexibility index (Phi) is 6.01. The van der Waals surface area contributed by atoms with Gasteiger partial charge in [-0.15, -0.1) is 0 Å². The first-order valence-corrected chi connectivity index (χ1v) is 7.35. The fourth-order valence-corrected chi connectivity index (χ4v) is 2.25. The van der Waals surface area contributed by atoms with Gasteiger partial charge in [0.15, 0.2) is 5.82 Å². The summed E-state index contributed by atoms with van der Waals surface area (Å²) in [6.07, 6.45) is 6.75. The second-order valence-corrected chi connectivity index (χ2v) is 4.91. The summed E-state index contributed by atoms with van der Waals surface area (Å²) in [6, 6.07) is 0. The summed E-state index contributed by atoms with van der Waals surface area (Å²) < 4.78 is 11.2. The van der Waals surface area contributed by atoms with Crippen molar-refractivity contribution < 1.29 is 9.47 Å². The Morgan fingerprint density at radius 1 is 1.30 bits per heavy atom. The monoisotopic (exact) mass is 280 g/mol. The smallest absolute Gasteiger partial charge is 0.234 e. The number of piperidine rings is 1. The minimum atomic E-state index is 0.322. The van der Waals surface area contributed by atoms with Gasteiger partial charge in [0.05, 0.1) is 31.7 Å². The van der Waals surface area contributed by atoms with E-state index in [0.29, 0.717) is 31.7 Å². The Labute approximate surface area is 120 Å². The highest BCUT2D eigenvalue weighted by Crippen LogP contribution is 2.20. The predicted molar refractivity (Wildman–Crippen MR) is 78.1 cm³/mol. The molecule has 1 aromatic heterocycles. The van der Waals surface area contributed by atoms with Crippen molar-refractivity contribution in [2.24, 2.45) is 5.73 Å². The summed E-state index contributed by atoms with van der Waals surface area (Å²) >= 11 is 0. The van der Waals surface area contributed by atoms with Crippen LogP contribution < -0.4 is 15.4 Å². The van der Waals surface area contributed by atoms with Crippen molar-refractivity contribution in [1.29, 1.82) is 0 Å². The summed E-state index contributed by atoms with van der Waals surface area (Å²) in [4.78, 5) is 10.9. The van der Waals surface area contributed by atoms with E-state index in [1.165, 1.54) is 0 Å². The second-order valence-electron chi connectivity index (χ2n) is 4.91. The zero-order valence-corrected chi connectivity index (χ0v) is 12.1. The molecular formula is C14H24N4O2. The van der Waals surface area contributed by atoms with Crippen molar-refractivity contribution in [1.82, 2.24) is 9.97 Å². The molecule has 0 amide bonds. The maximum Gasteiger partial charge on any atom is 0.234 e. The number of nitrogens with zero attached hydrogens (tertiary/aromatic N) is 3. The van der Waals surface area contributed by atoms with Gasteiger partial charge in [0.25, 0.3) is 0 Å². The molecule has 1 saturated heterocycles. The largest absolute Gasteiger partial charge is 0.477 e. The topological polar surface area (TPSA) is 73.5 Å². The molecule has 0 bridgehead atoms. The van der Waals surface area contributed by atoms with Crippen molar-refractivity contribution >= 4 is 5.82 Å². The number of hydrogen-bond acceptors (Lipinski definition) is 6. The molecule has 0 aromatic carbocycles. The summed E-state index contributed by atoms with van der Waals surface area (Å²) in [6.45, 7) is 5.84. The van der Waals surface area contributed by atoms with Gasteiger partial charge in [0, 0.05) is 19.6 Å². The third-order valence-electron chi connectivity index (χ3n) is 3.29. The van der Waals surface area contributed by atoms with Crippen LogP contribution in [0.15, 0.2) is 12.4 Å². The van der Waals surface area contributed by atoms with Crippen LogP contribution in [0.4, 0.5) is 5.82 Å². The quantitative estimate of drug-likeness (QED) is 0.809. The fourth-order valence-electron chi connectivity index (χ4n) is 2.25. The minimum Gasteiger partial charge on any atom is -0.477 e. The summed E-state index contributed by atoms with van der Waals surface area (Å²) in [7, 11) is 0. The molecule has 20 heavy (non-hydrogen) atoms. The predicted octanol–water partition coefficient (Wildman–Crippen LogP) is 1.21. The van der Waals surface area contributed by atoms with E-state index >= 15 is 0 Å². The van der Waals surface area contributed by atoms with E-state index in [-0.39, 0.29) is 0 Å². The van der Waals surface area contributed by atoms with E-state index in [1.54, 1.807) is 12.4 Å². The van der Waals surface area contributed by atoms with Crippen LogP contribution in [-0.2, 0) is 4.74 Å². The Bertz CT molecular complexity index is 395. The van der Waals surface area contributed by atoms with E-state index in [1.807, 2.05) is 0 Å². The van der Waals surface area contributed by atoms with E-state index in [4.69, 9.17) is 15.2 Å². The third-order valence-corrected chi connectivity index (χ3v) is 3.29. The van der Waals surface area contributed by atoms with Gasteiger partial charge in [-0.3, -0.25) is 4.98 Å². The average Bonchev–Trinajstić information content (AvgIpc) is 2.52. The molecule has 0 spiro atoms. The number of anilines is 1. The van der Waals surface area contributed by atoms with E-state index in [0.717, 1.165) is 38.2 Å². The van der Waals surface area contributed by atoms with Gasteiger partial charge < -0.3 is 20.1 Å². The lowest BCUT2D eigenvalue weighted by Gasteiger charge is -2.32. The van der Waals surface area contributed by atoms with Crippen LogP contribution in [0.1, 0.15) is 26.2 Å². The highest BCUT2D eigenvalue weighted by molar-refractivity contribution is 5.38. The van der Waals surface area contributed by atoms with Crippen molar-refractivity contribution in [3.63, 3.8) is 0 Å². The Balaban J connectivity index is 1.86. The molecule has 0 saturated carbocycles. The molecule has 6 nitrogen and oxygen atoms in total. The zero-order valence-electron chi connectivity index (χ0n) is 12.1. The molecule has 2 rings (SSSR count). The van der Waals surface area contributed by atoms with Gasteiger partial charge in [-0.1, -0.05) is 6.92 Å². The average molecular weight is 280 g/mol. The van der Waals surface area contributed by atoms with Crippen molar-refractivity contribution in [3.8, 4) is 5.88 Å². The molecule has 1 aliphatic rings. The molecule has 2 N–H and O–H groups in total. The lowest BCUT2D eigenvalue weighted by atomic mass is 10.1. The van der Waals surface area contributed by atoms with Gasteiger partial charge in [-0.2, -0.15) is 4.98 Å². The number of hydrogen-bond donors (Lipinski definition) is 1. The fraction of sp³-hybridized carbons (Fsp3) is 0.714. The summed E-state index contributed by atoms with van der Waals surface area (Å²) in [5.41, 5.74) is 5.45. The van der Waals surface area contributed by atoms with E-state index in [2.05, 4.69) is 21.8 Å². The second kappa shape index (κ2) is 8.01. The maximum absolute atomic E-state index is 5.68. The minimum absolute atomic E-state index is 0.322. The van der Waals surface area contributed by atoms with Crippen molar-refractivity contribution in [2.45, 2.75) is 32.3 Å². The van der Waals surface area contributed by atoms with Crippen LogP contribution in [-0.4, -0.2) is 48.9 Å². The first kappa shape index (κ1) is 15.0. The van der Waals surface area contributed by atoms with Crippen LogP contribution in [0, 0.1) is 0 Å². The molecule has 0 unspecified atom stereocenters. The molecule has 112 valence electrons. The molecular weight excluding hydrogens is 256 g/mol. The third kappa shape index (κ3) is 4.31. The molecule has 0 atom stereocenters. The molecule has 0 aliphatic carbocycles. The Hall–Kier alpha value is -1.40. The maximum atomic E-state index is 5.68. The zero-order chi connectivity index (χ0) is 14.2. The van der Waals surface area contributed by atoms with Crippen molar-refractivity contribution in [2.75, 3.05) is 37.7 Å². The van der Waals surface area contributed by atoms with Crippen molar-refractivity contribution in [3.05, 3.63) is 12.4 Å². The Morgan fingerprint density at radius 3 is 2.80 bits per heavy atom. The van der Waals surface area contributed by atoms with Crippen LogP contribution in [0.3, 0.4) is 0 Å². The number of ether oxygens (including phenoxy) is 2. The molecule has 2 heterocycles. The Morgan fingerprint density at radius 2 is 2.10 bits per heavy atom. The van der Waals surface area contributed by atoms with Crippen LogP contribution >= 0.6 is 0 Å². The first-order valence-electron chi connectivity index (χ1n) is 7.35.